The number of nitrogens with zero attached hydrogens (tertiary/aromatic N) is 1. The predicted molar refractivity (Wildman–Crippen MR) is 67.0 cm³/mol. The molecule has 18 heavy (non-hydrogen) atoms. The van der Waals surface area contributed by atoms with Crippen molar-refractivity contribution in [2.24, 2.45) is 17.8 Å². The molecule has 1 saturated carbocycles. The summed E-state index contributed by atoms with van der Waals surface area (Å²) in [7, 11) is 0. The van der Waals surface area contributed by atoms with Crippen LogP contribution in [-0.4, -0.2) is 22.0 Å². The Morgan fingerprint density at radius 1 is 1.50 bits per heavy atom. The molecule has 0 radical (unpaired) electrons. The summed E-state index contributed by atoms with van der Waals surface area (Å²) in [5.74, 6) is -1.66. The van der Waals surface area contributed by atoms with Crippen LogP contribution in [0.4, 0.5) is 0 Å². The van der Waals surface area contributed by atoms with E-state index in [1.54, 1.807) is 11.7 Å². The van der Waals surface area contributed by atoms with Crippen LogP contribution in [0.25, 0.3) is 0 Å². The van der Waals surface area contributed by atoms with Crippen molar-refractivity contribution in [3.63, 3.8) is 0 Å². The monoisotopic (exact) mass is 268 g/mol. The molecule has 1 aromatic heterocycles. The predicted octanol–water partition coefficient (Wildman–Crippen LogP) is 1.51. The van der Waals surface area contributed by atoms with Gasteiger partial charge in [0.05, 0.1) is 23.9 Å². The van der Waals surface area contributed by atoms with E-state index in [4.69, 9.17) is 5.11 Å². The van der Waals surface area contributed by atoms with Gasteiger partial charge in [-0.15, -0.1) is 11.3 Å². The zero-order chi connectivity index (χ0) is 13.1. The number of hydrogen-bond donors (Lipinski definition) is 2. The topological polar surface area (TPSA) is 79.3 Å². The number of nitrogens with one attached hydrogen (secondary N) is 1. The summed E-state index contributed by atoms with van der Waals surface area (Å²) in [5, 5.41) is 11.9. The molecule has 0 saturated heterocycles. The van der Waals surface area contributed by atoms with Gasteiger partial charge in [-0.2, -0.15) is 0 Å². The summed E-state index contributed by atoms with van der Waals surface area (Å²) in [4.78, 5) is 28.0. The van der Waals surface area contributed by atoms with Gasteiger partial charge >= 0.3 is 5.97 Å². The normalized spacial score (nSPS) is 27.1. The highest BCUT2D eigenvalue weighted by Gasteiger charge is 2.40. The lowest BCUT2D eigenvalue weighted by molar-refractivity contribution is -0.146. The molecule has 1 aromatic rings. The van der Waals surface area contributed by atoms with Crippen LogP contribution >= 0.6 is 11.3 Å². The molecule has 2 N–H and O–H groups in total. The van der Waals surface area contributed by atoms with Crippen LogP contribution in [0.2, 0.25) is 0 Å². The minimum Gasteiger partial charge on any atom is -0.481 e. The molecule has 0 aliphatic heterocycles. The van der Waals surface area contributed by atoms with E-state index in [0.717, 1.165) is 4.88 Å². The third-order valence-corrected chi connectivity index (χ3v) is 4.15. The molecule has 98 valence electrons. The molecule has 1 amide bonds. The zero-order valence-corrected chi connectivity index (χ0v) is 10.9. The SMILES string of the molecule is CC1CC(C(=O)O)C(C(=O)NCc2cncs2)C1. The third-order valence-electron chi connectivity index (χ3n) is 3.37. The Morgan fingerprint density at radius 3 is 2.83 bits per heavy atom. The largest absolute Gasteiger partial charge is 0.481 e. The smallest absolute Gasteiger partial charge is 0.307 e. The number of aromatic nitrogens is 1. The van der Waals surface area contributed by atoms with Crippen molar-refractivity contribution in [1.29, 1.82) is 0 Å². The number of aliphatic carboxylic acids is 1. The zero-order valence-electron chi connectivity index (χ0n) is 10.1. The van der Waals surface area contributed by atoms with Gasteiger partial charge in [0.15, 0.2) is 0 Å². The Morgan fingerprint density at radius 2 is 2.22 bits per heavy atom. The number of thiazole rings is 1. The molecule has 1 heterocycles. The highest BCUT2D eigenvalue weighted by molar-refractivity contribution is 7.09. The van der Waals surface area contributed by atoms with Gasteiger partial charge in [-0.25, -0.2) is 0 Å². The summed E-state index contributed by atoms with van der Waals surface area (Å²) in [5.41, 5.74) is 1.71. The fraction of sp³-hybridized carbons (Fsp3) is 0.583. The van der Waals surface area contributed by atoms with Crippen molar-refractivity contribution in [1.82, 2.24) is 10.3 Å². The second kappa shape index (κ2) is 5.48. The van der Waals surface area contributed by atoms with Crippen molar-refractivity contribution in [3.8, 4) is 0 Å². The standard InChI is InChI=1S/C12H16N2O3S/c1-7-2-9(10(3-7)12(16)17)11(15)14-5-8-4-13-6-18-8/h4,6-7,9-10H,2-3,5H2,1H3,(H,14,15)(H,16,17). The average molecular weight is 268 g/mol. The first kappa shape index (κ1) is 13.0. The second-order valence-electron chi connectivity index (χ2n) is 4.81. The molecule has 6 heteroatoms. The van der Waals surface area contributed by atoms with Gasteiger partial charge in [0, 0.05) is 11.1 Å². The Bertz CT molecular complexity index is 433. The van der Waals surface area contributed by atoms with E-state index in [1.807, 2.05) is 6.92 Å². The summed E-state index contributed by atoms with van der Waals surface area (Å²) >= 11 is 1.47. The van der Waals surface area contributed by atoms with Crippen LogP contribution in [0.1, 0.15) is 24.6 Å². The van der Waals surface area contributed by atoms with Crippen LogP contribution < -0.4 is 5.32 Å². The van der Waals surface area contributed by atoms with Crippen molar-refractivity contribution >= 4 is 23.2 Å². The van der Waals surface area contributed by atoms with Gasteiger partial charge in [-0.3, -0.25) is 14.6 Å². The van der Waals surface area contributed by atoms with Gasteiger partial charge < -0.3 is 10.4 Å². The lowest BCUT2D eigenvalue weighted by Gasteiger charge is -2.14. The van der Waals surface area contributed by atoms with Crippen LogP contribution in [-0.2, 0) is 16.1 Å². The van der Waals surface area contributed by atoms with Crippen molar-refractivity contribution in [3.05, 3.63) is 16.6 Å². The minimum atomic E-state index is -0.864. The number of hydrogen-bond acceptors (Lipinski definition) is 4. The van der Waals surface area contributed by atoms with Crippen molar-refractivity contribution < 1.29 is 14.7 Å². The summed E-state index contributed by atoms with van der Waals surface area (Å²) in [6.45, 7) is 2.42. The highest BCUT2D eigenvalue weighted by atomic mass is 32.1. The Balaban J connectivity index is 1.93. The average Bonchev–Trinajstić information content (AvgIpc) is 2.94. The summed E-state index contributed by atoms with van der Waals surface area (Å²) in [6, 6.07) is 0. The van der Waals surface area contributed by atoms with Gasteiger partial charge in [0.1, 0.15) is 0 Å². The molecular formula is C12H16N2O3S. The van der Waals surface area contributed by atoms with Crippen molar-refractivity contribution in [2.45, 2.75) is 26.3 Å². The van der Waals surface area contributed by atoms with Gasteiger partial charge in [-0.1, -0.05) is 6.92 Å². The first-order chi connectivity index (χ1) is 8.58. The molecule has 1 aliphatic carbocycles. The van der Waals surface area contributed by atoms with E-state index in [-0.39, 0.29) is 5.91 Å². The maximum absolute atomic E-state index is 12.0. The minimum absolute atomic E-state index is 0.153. The molecule has 5 nitrogen and oxygen atoms in total. The summed E-state index contributed by atoms with van der Waals surface area (Å²) in [6.07, 6.45) is 2.95. The fourth-order valence-corrected chi connectivity index (χ4v) is 3.02. The molecule has 1 fully saturated rings. The summed E-state index contributed by atoms with van der Waals surface area (Å²) < 4.78 is 0. The maximum Gasteiger partial charge on any atom is 0.307 e. The first-order valence-electron chi connectivity index (χ1n) is 5.95. The van der Waals surface area contributed by atoms with E-state index in [0.29, 0.717) is 25.3 Å². The lowest BCUT2D eigenvalue weighted by Crippen LogP contribution is -2.34. The Labute approximate surface area is 109 Å². The third kappa shape index (κ3) is 2.87. The van der Waals surface area contributed by atoms with Crippen molar-refractivity contribution in [2.75, 3.05) is 0 Å². The molecule has 2 rings (SSSR count). The number of carboxylic acid groups (broad SMARTS) is 1. The van der Waals surface area contributed by atoms with Crippen LogP contribution in [0.15, 0.2) is 11.7 Å². The number of amides is 1. The molecule has 0 bridgehead atoms. The quantitative estimate of drug-likeness (QED) is 0.867. The van der Waals surface area contributed by atoms with Crippen LogP contribution in [0.5, 0.6) is 0 Å². The van der Waals surface area contributed by atoms with Gasteiger partial charge in [0.25, 0.3) is 0 Å². The number of carboxylic acids is 1. The maximum atomic E-state index is 12.0. The van der Waals surface area contributed by atoms with Crippen LogP contribution in [0.3, 0.4) is 0 Å². The fourth-order valence-electron chi connectivity index (χ4n) is 2.49. The van der Waals surface area contributed by atoms with E-state index >= 15 is 0 Å². The van der Waals surface area contributed by atoms with E-state index in [1.165, 1.54) is 11.3 Å². The molecule has 0 spiro atoms. The lowest BCUT2D eigenvalue weighted by atomic mass is 9.95. The second-order valence-corrected chi connectivity index (χ2v) is 5.78. The van der Waals surface area contributed by atoms with E-state index in [9.17, 15) is 9.59 Å². The van der Waals surface area contributed by atoms with Crippen LogP contribution in [0, 0.1) is 17.8 Å². The molecule has 3 unspecified atom stereocenters. The number of rotatable bonds is 4. The molecule has 3 atom stereocenters. The van der Waals surface area contributed by atoms with Gasteiger partial charge in [0.2, 0.25) is 5.91 Å². The van der Waals surface area contributed by atoms with E-state index < -0.39 is 17.8 Å². The first-order valence-corrected chi connectivity index (χ1v) is 6.83. The Hall–Kier alpha value is -1.43. The van der Waals surface area contributed by atoms with E-state index in [2.05, 4.69) is 10.3 Å². The molecule has 1 aliphatic rings. The highest BCUT2D eigenvalue weighted by Crippen LogP contribution is 2.36. The number of carbonyl (C=O) groups is 2. The molecule has 0 aromatic carbocycles. The number of carbonyl (C=O) groups excluding carboxylic acids is 1. The Kier molecular flexibility index (Phi) is 3.96. The molecular weight excluding hydrogens is 252 g/mol. The van der Waals surface area contributed by atoms with Gasteiger partial charge in [-0.05, 0) is 18.8 Å².